The SMILES string of the molecule is CC[C@H]1OC(=O)[C@H](C)[C@@H](O)[C@H](C)[C@@H](O[C@@H]2O[C@H](C)C[C@H](N(C)C)[C@H]2O)[C@](C)(O)C[C@@H](C)CN(C(=O)CCCCCCCCCC[P+](c2cccc(C)c2)(c2cccc(C)c2)c2cccc(C)c2)[C@H](C)[C@@H](O)[C@]1(C)O. The van der Waals surface area contributed by atoms with Gasteiger partial charge in [0.25, 0.3) is 0 Å². The van der Waals surface area contributed by atoms with Crippen LogP contribution in [0.3, 0.4) is 0 Å². The highest BCUT2D eigenvalue weighted by Crippen LogP contribution is 2.56. The van der Waals surface area contributed by atoms with Crippen molar-refractivity contribution in [3.05, 3.63) is 89.5 Å². The molecule has 0 unspecified atom stereocenters. The number of amides is 1. The van der Waals surface area contributed by atoms with Crippen LogP contribution in [0.5, 0.6) is 0 Å². The van der Waals surface area contributed by atoms with E-state index < -0.39 is 79.1 Å². The summed E-state index contributed by atoms with van der Waals surface area (Å²) >= 11 is 0. The number of likely N-dealkylation sites (N-methyl/N-ethyl adjacent to an activating group) is 1. The normalized spacial score (nSPS) is 31.9. The molecule has 1 amide bonds. The van der Waals surface area contributed by atoms with Gasteiger partial charge in [-0.25, -0.2) is 0 Å². The number of benzene rings is 3. The van der Waals surface area contributed by atoms with Crippen molar-refractivity contribution in [2.24, 2.45) is 17.8 Å². The molecule has 0 aromatic heterocycles. The quantitative estimate of drug-likeness (QED) is 0.0472. The van der Waals surface area contributed by atoms with Crippen molar-refractivity contribution in [2.75, 3.05) is 26.8 Å². The molecule has 13 heteroatoms. The number of unbranched alkanes of at least 4 members (excludes halogenated alkanes) is 7. The molecule has 74 heavy (non-hydrogen) atoms. The summed E-state index contributed by atoms with van der Waals surface area (Å²) in [5, 5.41) is 64.0. The molecular weight excluding hydrogens is 952 g/mol. The van der Waals surface area contributed by atoms with E-state index in [1.807, 2.05) is 32.8 Å². The number of ether oxygens (including phenoxy) is 3. The molecule has 3 aromatic rings. The zero-order chi connectivity index (χ0) is 54.7. The Kier molecular flexibility index (Phi) is 22.7. The summed E-state index contributed by atoms with van der Waals surface area (Å²) in [7, 11) is 1.81. The van der Waals surface area contributed by atoms with Gasteiger partial charge >= 0.3 is 5.97 Å². The first-order valence-electron chi connectivity index (χ1n) is 27.9. The van der Waals surface area contributed by atoms with Gasteiger partial charge in [0.1, 0.15) is 47.1 Å². The predicted molar refractivity (Wildman–Crippen MR) is 300 cm³/mol. The number of hydrogen-bond acceptors (Lipinski definition) is 11. The minimum atomic E-state index is -1.96. The number of aryl methyl sites for hydroxylation is 3. The molecule has 414 valence electrons. The van der Waals surface area contributed by atoms with Crippen LogP contribution >= 0.6 is 7.26 Å². The van der Waals surface area contributed by atoms with E-state index in [2.05, 4.69) is 93.6 Å². The number of carbonyl (C=O) groups is 2. The highest BCUT2D eigenvalue weighted by molar-refractivity contribution is 7.95. The third-order valence-electron chi connectivity index (χ3n) is 16.5. The van der Waals surface area contributed by atoms with Gasteiger partial charge < -0.3 is 49.5 Å². The third-order valence-corrected chi connectivity index (χ3v) is 20.9. The summed E-state index contributed by atoms with van der Waals surface area (Å²) in [5.74, 6) is -3.34. The first-order valence-corrected chi connectivity index (χ1v) is 29.9. The van der Waals surface area contributed by atoms with E-state index in [0.717, 1.165) is 51.1 Å². The van der Waals surface area contributed by atoms with E-state index in [9.17, 15) is 35.1 Å². The monoisotopic (exact) mass is 1050 g/mol. The van der Waals surface area contributed by atoms with Crippen LogP contribution in [0, 0.1) is 38.5 Å². The average molecular weight is 1050 g/mol. The minimum absolute atomic E-state index is 0.0934. The third kappa shape index (κ3) is 15.3. The lowest BCUT2D eigenvalue weighted by Gasteiger charge is -2.46. The molecule has 5 N–H and O–H groups in total. The highest BCUT2D eigenvalue weighted by atomic mass is 31.2. The Labute approximate surface area is 445 Å². The molecule has 3 aromatic carbocycles. The van der Waals surface area contributed by atoms with Crippen molar-refractivity contribution in [3.63, 3.8) is 0 Å². The Bertz CT molecular complexity index is 2130. The molecule has 14 atom stereocenters. The fourth-order valence-electron chi connectivity index (χ4n) is 12.1. The maximum atomic E-state index is 14.4. The summed E-state index contributed by atoms with van der Waals surface area (Å²) in [4.78, 5) is 31.7. The van der Waals surface area contributed by atoms with Crippen LogP contribution in [-0.4, -0.2) is 140 Å². The van der Waals surface area contributed by atoms with Crippen LogP contribution in [0.4, 0.5) is 0 Å². The second kappa shape index (κ2) is 27.3. The zero-order valence-corrected chi connectivity index (χ0v) is 48.3. The minimum Gasteiger partial charge on any atom is -0.459 e. The van der Waals surface area contributed by atoms with Gasteiger partial charge in [0.15, 0.2) is 6.29 Å². The average Bonchev–Trinajstić information content (AvgIpc) is 3.34. The lowest BCUT2D eigenvalue weighted by Crippen LogP contribution is -2.60. The van der Waals surface area contributed by atoms with Crippen LogP contribution in [-0.2, 0) is 23.8 Å². The standard InChI is InChI=1S/C61H96N2O10P/c1-14-52-61(11,70)56(67)47(9)63(39-43(5)38-60(10,69)57(45(7)54(65)46(8)58(68)72-52)73-59-55(66)51(62(12)13)37-44(6)71-59)53(64)32-21-19-17-15-16-18-20-22-33-74(48-29-23-26-40(2)34-48,49-30-24-27-41(3)35-49)50-31-25-28-42(4)36-50/h23-31,34-36,43-47,51-52,54-57,59,65-67,69-70H,14-22,32-33,37-39H2,1-13H3/q+1/t43-,44-,45+,46-,47-,51+,52-,54+,55-,56-,57-,59+,60-,61-/m1/s1. The van der Waals surface area contributed by atoms with Crippen LogP contribution in [0.15, 0.2) is 72.8 Å². The Balaban J connectivity index is 1.25. The number of aliphatic hydroxyl groups is 5. The van der Waals surface area contributed by atoms with Gasteiger partial charge in [0.2, 0.25) is 5.91 Å². The van der Waals surface area contributed by atoms with Gasteiger partial charge in [-0.05, 0) is 167 Å². The summed E-state index contributed by atoms with van der Waals surface area (Å²) in [6.07, 6.45) is 2.59. The summed E-state index contributed by atoms with van der Waals surface area (Å²) < 4.78 is 18.6. The lowest BCUT2D eigenvalue weighted by atomic mass is 9.78. The topological polar surface area (TPSA) is 169 Å². The molecule has 2 fully saturated rings. The molecular formula is C61H96N2O10P+. The van der Waals surface area contributed by atoms with Crippen LogP contribution in [0.2, 0.25) is 0 Å². The number of rotatable bonds is 18. The van der Waals surface area contributed by atoms with E-state index in [-0.39, 0.29) is 49.8 Å². The van der Waals surface area contributed by atoms with E-state index >= 15 is 0 Å². The number of aliphatic hydroxyl groups excluding tert-OH is 3. The van der Waals surface area contributed by atoms with Crippen LogP contribution in [0.25, 0.3) is 0 Å². The van der Waals surface area contributed by atoms with Gasteiger partial charge in [0, 0.05) is 24.9 Å². The molecule has 0 saturated carbocycles. The molecule has 0 spiro atoms. The number of carbonyl (C=O) groups excluding carboxylic acids is 2. The fourth-order valence-corrected chi connectivity index (χ4v) is 16.8. The first-order chi connectivity index (χ1) is 34.8. The molecule has 0 aliphatic carbocycles. The van der Waals surface area contributed by atoms with Crippen LogP contribution in [0.1, 0.15) is 149 Å². The fraction of sp³-hybridized carbons (Fsp3) is 0.672. The summed E-state index contributed by atoms with van der Waals surface area (Å²) in [6, 6.07) is 26.3. The van der Waals surface area contributed by atoms with Crippen molar-refractivity contribution < 1.29 is 49.3 Å². The Morgan fingerprint density at radius 3 is 1.76 bits per heavy atom. The first kappa shape index (κ1) is 61.6. The second-order valence-corrected chi connectivity index (χ2v) is 27.0. The van der Waals surface area contributed by atoms with Crippen molar-refractivity contribution in [1.29, 1.82) is 0 Å². The lowest BCUT2D eigenvalue weighted by molar-refractivity contribution is -0.299. The van der Waals surface area contributed by atoms with Gasteiger partial charge in [0.05, 0.1) is 42.0 Å². The van der Waals surface area contributed by atoms with Crippen LogP contribution < -0.4 is 15.9 Å². The molecule has 12 nitrogen and oxygen atoms in total. The molecule has 0 bridgehead atoms. The van der Waals surface area contributed by atoms with E-state index in [1.165, 1.54) is 46.5 Å². The predicted octanol–water partition coefficient (Wildman–Crippen LogP) is 8.30. The highest BCUT2D eigenvalue weighted by Gasteiger charge is 2.51. The van der Waals surface area contributed by atoms with Gasteiger partial charge in [-0.3, -0.25) is 9.59 Å². The van der Waals surface area contributed by atoms with Gasteiger partial charge in [-0.1, -0.05) is 89.3 Å². The number of hydrogen-bond donors (Lipinski definition) is 5. The molecule has 2 aliphatic rings. The Morgan fingerprint density at radius 1 is 0.770 bits per heavy atom. The van der Waals surface area contributed by atoms with Crippen molar-refractivity contribution >= 4 is 35.1 Å². The second-order valence-electron chi connectivity index (χ2n) is 23.4. The molecule has 0 radical (unpaired) electrons. The molecule has 5 rings (SSSR count). The van der Waals surface area contributed by atoms with E-state index in [4.69, 9.17) is 14.2 Å². The van der Waals surface area contributed by atoms with Crippen molar-refractivity contribution in [2.45, 2.75) is 219 Å². The maximum absolute atomic E-state index is 14.4. The Morgan fingerprint density at radius 2 is 1.27 bits per heavy atom. The maximum Gasteiger partial charge on any atom is 0.311 e. The molecule has 2 saturated heterocycles. The summed E-state index contributed by atoms with van der Waals surface area (Å²) in [6.45, 7) is 20.2. The number of esters is 1. The molecule has 2 heterocycles. The summed E-state index contributed by atoms with van der Waals surface area (Å²) in [5.41, 5.74) is 0.221. The van der Waals surface area contributed by atoms with E-state index in [1.54, 1.807) is 32.6 Å². The number of cyclic esters (lactones) is 1. The number of nitrogens with zero attached hydrogens (tertiary/aromatic N) is 2. The van der Waals surface area contributed by atoms with Gasteiger partial charge in [-0.15, -0.1) is 0 Å². The Hall–Kier alpha value is -3.29. The van der Waals surface area contributed by atoms with Crippen molar-refractivity contribution in [1.82, 2.24) is 9.80 Å². The van der Waals surface area contributed by atoms with Crippen molar-refractivity contribution in [3.8, 4) is 0 Å². The molecule has 2 aliphatic heterocycles. The van der Waals surface area contributed by atoms with Gasteiger partial charge in [-0.2, -0.15) is 0 Å². The van der Waals surface area contributed by atoms with E-state index in [0.29, 0.717) is 12.8 Å². The largest absolute Gasteiger partial charge is 0.459 e. The smallest absolute Gasteiger partial charge is 0.311 e. The zero-order valence-electron chi connectivity index (χ0n) is 47.4.